The number of nitrogens with one attached hydrogen (secondary N) is 1. The first-order valence-electron chi connectivity index (χ1n) is 8.65. The van der Waals surface area contributed by atoms with Crippen molar-refractivity contribution in [1.29, 1.82) is 0 Å². The van der Waals surface area contributed by atoms with E-state index in [4.69, 9.17) is 9.47 Å². The van der Waals surface area contributed by atoms with Crippen molar-refractivity contribution in [1.82, 2.24) is 10.2 Å². The quantitative estimate of drug-likeness (QED) is 0.871. The fourth-order valence-electron chi connectivity index (χ4n) is 3.22. The molecule has 1 saturated heterocycles. The summed E-state index contributed by atoms with van der Waals surface area (Å²) in [5.74, 6) is 1.58. The van der Waals surface area contributed by atoms with Crippen LogP contribution in [0.2, 0.25) is 0 Å². The van der Waals surface area contributed by atoms with Gasteiger partial charge in [-0.2, -0.15) is 0 Å². The maximum atomic E-state index is 12.3. The standard InChI is InChI=1S/C18H26N2O3/c1-2-15(13-20-7-3-4-8-20)19-18(21)12-14-5-6-16-17(11-14)23-10-9-22-16/h5-6,11,15H,2-4,7-10,12-13H2,1H3,(H,19,21)/t15-/m1/s1. The summed E-state index contributed by atoms with van der Waals surface area (Å²) >= 11 is 0. The van der Waals surface area contributed by atoms with E-state index < -0.39 is 0 Å². The summed E-state index contributed by atoms with van der Waals surface area (Å²) in [7, 11) is 0. The van der Waals surface area contributed by atoms with Gasteiger partial charge in [-0.1, -0.05) is 13.0 Å². The lowest BCUT2D eigenvalue weighted by Crippen LogP contribution is -2.43. The third-order valence-electron chi connectivity index (χ3n) is 4.51. The summed E-state index contributed by atoms with van der Waals surface area (Å²) in [6.45, 7) is 6.56. The Morgan fingerprint density at radius 1 is 1.22 bits per heavy atom. The third kappa shape index (κ3) is 4.38. The molecule has 0 aliphatic carbocycles. The first kappa shape index (κ1) is 16.1. The number of likely N-dealkylation sites (tertiary alicyclic amines) is 1. The van der Waals surface area contributed by atoms with E-state index in [-0.39, 0.29) is 11.9 Å². The highest BCUT2D eigenvalue weighted by molar-refractivity contribution is 5.79. The predicted molar refractivity (Wildman–Crippen MR) is 89.0 cm³/mol. The van der Waals surface area contributed by atoms with Crippen LogP contribution in [0.1, 0.15) is 31.7 Å². The molecule has 0 unspecified atom stereocenters. The molecule has 0 saturated carbocycles. The fraction of sp³-hybridized carbons (Fsp3) is 0.611. The molecule has 1 aromatic rings. The summed E-state index contributed by atoms with van der Waals surface area (Å²) < 4.78 is 11.1. The maximum absolute atomic E-state index is 12.3. The minimum absolute atomic E-state index is 0.0766. The van der Waals surface area contributed by atoms with Gasteiger partial charge in [0.05, 0.1) is 6.42 Å². The number of nitrogens with zero attached hydrogens (tertiary/aromatic N) is 1. The average molecular weight is 318 g/mol. The molecule has 3 rings (SSSR count). The number of hydrogen-bond acceptors (Lipinski definition) is 4. The van der Waals surface area contributed by atoms with Crippen LogP contribution in [0, 0.1) is 0 Å². The Hall–Kier alpha value is -1.75. The summed E-state index contributed by atoms with van der Waals surface area (Å²) in [4.78, 5) is 14.8. The zero-order valence-electron chi connectivity index (χ0n) is 13.8. The topological polar surface area (TPSA) is 50.8 Å². The zero-order chi connectivity index (χ0) is 16.1. The molecule has 126 valence electrons. The van der Waals surface area contributed by atoms with Crippen LogP contribution >= 0.6 is 0 Å². The van der Waals surface area contributed by atoms with Gasteiger partial charge in [-0.3, -0.25) is 4.79 Å². The Kier molecular flexibility index (Phi) is 5.39. The highest BCUT2D eigenvalue weighted by atomic mass is 16.6. The van der Waals surface area contributed by atoms with Gasteiger partial charge in [0.1, 0.15) is 13.2 Å². The molecule has 2 aliphatic heterocycles. The summed E-state index contributed by atoms with van der Waals surface area (Å²) in [5.41, 5.74) is 0.961. The van der Waals surface area contributed by atoms with Crippen molar-refractivity contribution in [3.05, 3.63) is 23.8 Å². The number of fused-ring (bicyclic) bond motifs is 1. The van der Waals surface area contributed by atoms with E-state index in [9.17, 15) is 4.79 Å². The summed E-state index contributed by atoms with van der Waals surface area (Å²) in [6.07, 6.45) is 3.90. The van der Waals surface area contributed by atoms with E-state index in [2.05, 4.69) is 17.1 Å². The Bertz CT molecular complexity index is 541. The lowest BCUT2D eigenvalue weighted by molar-refractivity contribution is -0.121. The molecule has 1 amide bonds. The van der Waals surface area contributed by atoms with Gasteiger partial charge in [-0.15, -0.1) is 0 Å². The molecule has 1 aromatic carbocycles. The van der Waals surface area contributed by atoms with Crippen LogP contribution in [0.4, 0.5) is 0 Å². The number of rotatable bonds is 6. The lowest BCUT2D eigenvalue weighted by Gasteiger charge is -2.23. The molecule has 1 fully saturated rings. The lowest BCUT2D eigenvalue weighted by atomic mass is 10.1. The molecule has 23 heavy (non-hydrogen) atoms. The summed E-state index contributed by atoms with van der Waals surface area (Å²) in [5, 5.41) is 3.17. The Morgan fingerprint density at radius 3 is 2.70 bits per heavy atom. The van der Waals surface area contributed by atoms with E-state index >= 15 is 0 Å². The number of amides is 1. The van der Waals surface area contributed by atoms with Gasteiger partial charge in [0.2, 0.25) is 5.91 Å². The van der Waals surface area contributed by atoms with Crippen LogP contribution in [0.25, 0.3) is 0 Å². The number of hydrogen-bond donors (Lipinski definition) is 1. The second-order valence-corrected chi connectivity index (χ2v) is 6.34. The molecule has 0 aromatic heterocycles. The van der Waals surface area contributed by atoms with Gasteiger partial charge in [0, 0.05) is 12.6 Å². The molecular formula is C18H26N2O3. The maximum Gasteiger partial charge on any atom is 0.224 e. The van der Waals surface area contributed by atoms with E-state index in [0.717, 1.165) is 43.1 Å². The van der Waals surface area contributed by atoms with Crippen molar-refractivity contribution in [2.75, 3.05) is 32.8 Å². The fourth-order valence-corrected chi connectivity index (χ4v) is 3.22. The number of carbonyl (C=O) groups excluding carboxylic acids is 1. The number of carbonyl (C=O) groups is 1. The van der Waals surface area contributed by atoms with E-state index in [1.165, 1.54) is 12.8 Å². The average Bonchev–Trinajstić information content (AvgIpc) is 3.07. The highest BCUT2D eigenvalue weighted by Gasteiger charge is 2.18. The molecule has 5 heteroatoms. The van der Waals surface area contributed by atoms with Crippen LogP contribution in [0.5, 0.6) is 11.5 Å². The first-order valence-corrected chi connectivity index (χ1v) is 8.65. The van der Waals surface area contributed by atoms with Gasteiger partial charge in [0.15, 0.2) is 11.5 Å². The van der Waals surface area contributed by atoms with Crippen LogP contribution in [0.3, 0.4) is 0 Å². The van der Waals surface area contributed by atoms with E-state index in [1.807, 2.05) is 18.2 Å². The van der Waals surface area contributed by atoms with Crippen molar-refractivity contribution < 1.29 is 14.3 Å². The van der Waals surface area contributed by atoms with Gasteiger partial charge >= 0.3 is 0 Å². The summed E-state index contributed by atoms with van der Waals surface area (Å²) in [6, 6.07) is 5.97. The van der Waals surface area contributed by atoms with Crippen molar-refractivity contribution in [2.24, 2.45) is 0 Å². The number of benzene rings is 1. The first-order chi connectivity index (χ1) is 11.2. The van der Waals surface area contributed by atoms with Gasteiger partial charge in [-0.05, 0) is 50.0 Å². The van der Waals surface area contributed by atoms with Crippen molar-refractivity contribution in [2.45, 2.75) is 38.6 Å². The van der Waals surface area contributed by atoms with Gasteiger partial charge in [-0.25, -0.2) is 0 Å². The van der Waals surface area contributed by atoms with Gasteiger partial charge < -0.3 is 19.7 Å². The zero-order valence-corrected chi connectivity index (χ0v) is 13.8. The third-order valence-corrected chi connectivity index (χ3v) is 4.51. The van der Waals surface area contributed by atoms with Crippen molar-refractivity contribution in [3.63, 3.8) is 0 Å². The smallest absolute Gasteiger partial charge is 0.224 e. The molecule has 1 N–H and O–H groups in total. The van der Waals surface area contributed by atoms with Crippen LogP contribution < -0.4 is 14.8 Å². The van der Waals surface area contributed by atoms with Crippen molar-refractivity contribution >= 4 is 5.91 Å². The van der Waals surface area contributed by atoms with Crippen LogP contribution in [-0.2, 0) is 11.2 Å². The molecule has 0 bridgehead atoms. The second kappa shape index (κ2) is 7.68. The monoisotopic (exact) mass is 318 g/mol. The number of ether oxygens (including phenoxy) is 2. The van der Waals surface area contributed by atoms with E-state index in [0.29, 0.717) is 19.6 Å². The van der Waals surface area contributed by atoms with Crippen LogP contribution in [-0.4, -0.2) is 49.7 Å². The molecule has 0 spiro atoms. The Balaban J connectivity index is 1.53. The molecular weight excluding hydrogens is 292 g/mol. The minimum atomic E-state index is 0.0766. The van der Waals surface area contributed by atoms with Gasteiger partial charge in [0.25, 0.3) is 0 Å². The Morgan fingerprint density at radius 2 is 1.96 bits per heavy atom. The molecule has 1 atom stereocenters. The molecule has 2 heterocycles. The molecule has 0 radical (unpaired) electrons. The predicted octanol–water partition coefficient (Wildman–Crippen LogP) is 1.99. The highest BCUT2D eigenvalue weighted by Crippen LogP contribution is 2.30. The van der Waals surface area contributed by atoms with Crippen LogP contribution in [0.15, 0.2) is 18.2 Å². The SMILES string of the molecule is CC[C@H](CN1CCCC1)NC(=O)Cc1ccc2c(c1)OCCO2. The van der Waals surface area contributed by atoms with Crippen molar-refractivity contribution in [3.8, 4) is 11.5 Å². The van der Waals surface area contributed by atoms with E-state index in [1.54, 1.807) is 0 Å². The largest absolute Gasteiger partial charge is 0.486 e. The molecule has 5 nitrogen and oxygen atoms in total. The molecule has 2 aliphatic rings. The minimum Gasteiger partial charge on any atom is -0.486 e. The second-order valence-electron chi connectivity index (χ2n) is 6.34. The Labute approximate surface area is 137 Å². The normalized spacial score (nSPS) is 18.7.